The fourth-order valence-corrected chi connectivity index (χ4v) is 6.41. The molecule has 0 radical (unpaired) electrons. The van der Waals surface area contributed by atoms with Crippen molar-refractivity contribution in [3.63, 3.8) is 0 Å². The smallest absolute Gasteiger partial charge is 0.309 e. The Balaban J connectivity index is 1.51. The van der Waals surface area contributed by atoms with E-state index in [0.29, 0.717) is 35.4 Å². The molecule has 0 fully saturated rings. The Labute approximate surface area is 279 Å². The zero-order chi connectivity index (χ0) is 32.6. The highest BCUT2D eigenvalue weighted by Gasteiger charge is 2.36. The Kier molecular flexibility index (Phi) is 8.58. The van der Waals surface area contributed by atoms with Gasteiger partial charge in [0.15, 0.2) is 0 Å². The molecule has 234 valence electrons. The number of para-hydroxylation sites is 1. The minimum Gasteiger partial charge on any atom is -0.487 e. The van der Waals surface area contributed by atoms with Crippen LogP contribution in [0, 0.1) is 5.41 Å². The standard InChI is InChI=1S/C39H36Cl2N2O3/c1-38(2,37(44)45)22-35-36(39(3,4)27-12-16-29(41)17-13-27)32-21-31(46-24-30-18-11-26-7-5-6-8-33(26)42-30)19-20-34(32)43(35)23-25-9-14-28(40)15-10-25/h5-21H,22-24H2,1-4H3,(H,44,45). The number of carboxylic acid groups (broad SMARTS) is 1. The van der Waals surface area contributed by atoms with Crippen molar-refractivity contribution in [2.24, 2.45) is 5.41 Å². The van der Waals surface area contributed by atoms with Gasteiger partial charge in [-0.3, -0.25) is 4.79 Å². The van der Waals surface area contributed by atoms with E-state index in [0.717, 1.165) is 49.9 Å². The van der Waals surface area contributed by atoms with Gasteiger partial charge in [0.05, 0.1) is 16.6 Å². The molecule has 0 unspecified atom stereocenters. The van der Waals surface area contributed by atoms with Crippen molar-refractivity contribution in [2.45, 2.75) is 52.7 Å². The van der Waals surface area contributed by atoms with Gasteiger partial charge in [-0.15, -0.1) is 0 Å². The Bertz CT molecular complexity index is 2050. The summed E-state index contributed by atoms with van der Waals surface area (Å²) in [6, 6.07) is 33.9. The number of carbonyl (C=O) groups is 1. The highest BCUT2D eigenvalue weighted by atomic mass is 35.5. The van der Waals surface area contributed by atoms with Gasteiger partial charge in [-0.05, 0) is 85.1 Å². The number of rotatable bonds is 10. The first-order valence-electron chi connectivity index (χ1n) is 15.3. The van der Waals surface area contributed by atoms with Gasteiger partial charge < -0.3 is 14.4 Å². The molecule has 0 aliphatic carbocycles. The lowest BCUT2D eigenvalue weighted by atomic mass is 9.74. The molecule has 7 heteroatoms. The normalized spacial score (nSPS) is 12.1. The van der Waals surface area contributed by atoms with E-state index in [2.05, 4.69) is 36.6 Å². The van der Waals surface area contributed by atoms with Crippen LogP contribution in [-0.4, -0.2) is 20.6 Å². The van der Waals surface area contributed by atoms with E-state index in [1.165, 1.54) is 0 Å². The second-order valence-corrected chi connectivity index (χ2v) is 13.9. The molecule has 0 atom stereocenters. The van der Waals surface area contributed by atoms with Crippen molar-refractivity contribution in [1.82, 2.24) is 9.55 Å². The van der Waals surface area contributed by atoms with Crippen LogP contribution in [0.1, 0.15) is 55.8 Å². The largest absolute Gasteiger partial charge is 0.487 e. The Morgan fingerprint density at radius 1 is 0.848 bits per heavy atom. The van der Waals surface area contributed by atoms with E-state index in [1.54, 1.807) is 13.8 Å². The molecule has 6 rings (SSSR count). The summed E-state index contributed by atoms with van der Waals surface area (Å²) in [7, 11) is 0. The lowest BCUT2D eigenvalue weighted by Gasteiger charge is -2.30. The minimum atomic E-state index is -1.02. The van der Waals surface area contributed by atoms with E-state index >= 15 is 0 Å². The second kappa shape index (κ2) is 12.5. The van der Waals surface area contributed by atoms with E-state index in [-0.39, 0.29) is 0 Å². The third-order valence-electron chi connectivity index (χ3n) is 8.82. The van der Waals surface area contributed by atoms with E-state index in [1.807, 2.05) is 84.9 Å². The molecule has 6 aromatic rings. The molecule has 0 saturated heterocycles. The number of carboxylic acids is 1. The highest BCUT2D eigenvalue weighted by Crippen LogP contribution is 2.44. The van der Waals surface area contributed by atoms with Crippen molar-refractivity contribution in [3.05, 3.63) is 141 Å². The Hall–Kier alpha value is -4.32. The van der Waals surface area contributed by atoms with Crippen molar-refractivity contribution >= 4 is 51.0 Å². The zero-order valence-electron chi connectivity index (χ0n) is 26.4. The lowest BCUT2D eigenvalue weighted by Crippen LogP contribution is -2.30. The van der Waals surface area contributed by atoms with Crippen molar-refractivity contribution in [3.8, 4) is 5.75 Å². The van der Waals surface area contributed by atoms with E-state index in [9.17, 15) is 9.90 Å². The molecule has 1 N–H and O–H groups in total. The number of hydrogen-bond donors (Lipinski definition) is 1. The summed E-state index contributed by atoms with van der Waals surface area (Å²) in [5.74, 6) is -0.138. The molecular formula is C39H36Cl2N2O3. The predicted molar refractivity (Wildman–Crippen MR) is 187 cm³/mol. The van der Waals surface area contributed by atoms with Gasteiger partial charge in [0.25, 0.3) is 0 Å². The maximum absolute atomic E-state index is 12.5. The van der Waals surface area contributed by atoms with Crippen molar-refractivity contribution < 1.29 is 14.6 Å². The van der Waals surface area contributed by atoms with Crippen LogP contribution in [0.4, 0.5) is 0 Å². The Morgan fingerprint density at radius 2 is 1.52 bits per heavy atom. The van der Waals surface area contributed by atoms with Crippen LogP contribution in [0.3, 0.4) is 0 Å². The summed E-state index contributed by atoms with van der Waals surface area (Å²) in [4.78, 5) is 17.3. The van der Waals surface area contributed by atoms with Crippen molar-refractivity contribution in [1.29, 1.82) is 0 Å². The summed E-state index contributed by atoms with van der Waals surface area (Å²) in [6.45, 7) is 8.80. The van der Waals surface area contributed by atoms with Gasteiger partial charge in [0, 0.05) is 50.4 Å². The topological polar surface area (TPSA) is 64.4 Å². The molecule has 0 aliphatic rings. The number of pyridine rings is 1. The van der Waals surface area contributed by atoms with Crippen LogP contribution in [0.5, 0.6) is 5.75 Å². The number of aliphatic carboxylic acids is 1. The number of fused-ring (bicyclic) bond motifs is 2. The molecule has 4 aromatic carbocycles. The molecule has 2 heterocycles. The van der Waals surface area contributed by atoms with Crippen LogP contribution in [0.25, 0.3) is 21.8 Å². The van der Waals surface area contributed by atoms with Crippen LogP contribution >= 0.6 is 23.2 Å². The predicted octanol–water partition coefficient (Wildman–Crippen LogP) is 10.1. The monoisotopic (exact) mass is 650 g/mol. The summed E-state index contributed by atoms with van der Waals surface area (Å²) in [5, 5.41) is 13.7. The molecule has 0 saturated carbocycles. The summed E-state index contributed by atoms with van der Waals surface area (Å²) in [6.07, 6.45) is 0.328. The molecule has 2 aromatic heterocycles. The average molecular weight is 652 g/mol. The zero-order valence-corrected chi connectivity index (χ0v) is 27.9. The summed E-state index contributed by atoms with van der Waals surface area (Å²) < 4.78 is 8.61. The van der Waals surface area contributed by atoms with Crippen LogP contribution < -0.4 is 4.74 Å². The Morgan fingerprint density at radius 3 is 2.22 bits per heavy atom. The van der Waals surface area contributed by atoms with Gasteiger partial charge in [-0.2, -0.15) is 0 Å². The fraction of sp³-hybridized carbons (Fsp3) is 0.231. The molecule has 5 nitrogen and oxygen atoms in total. The lowest BCUT2D eigenvalue weighted by molar-refractivity contribution is -0.146. The number of aromatic nitrogens is 2. The van der Waals surface area contributed by atoms with Gasteiger partial charge >= 0.3 is 5.97 Å². The number of benzene rings is 4. The number of nitrogens with zero attached hydrogens (tertiary/aromatic N) is 2. The van der Waals surface area contributed by atoms with Crippen molar-refractivity contribution in [2.75, 3.05) is 0 Å². The fourth-order valence-electron chi connectivity index (χ4n) is 6.16. The third-order valence-corrected chi connectivity index (χ3v) is 9.32. The quantitative estimate of drug-likeness (QED) is 0.160. The molecular weight excluding hydrogens is 615 g/mol. The van der Waals surface area contributed by atoms with E-state index < -0.39 is 16.8 Å². The number of hydrogen-bond acceptors (Lipinski definition) is 3. The molecule has 0 bridgehead atoms. The van der Waals surface area contributed by atoms with Crippen LogP contribution in [0.15, 0.2) is 103 Å². The minimum absolute atomic E-state index is 0.316. The first-order valence-corrected chi connectivity index (χ1v) is 16.0. The van der Waals surface area contributed by atoms with Gasteiger partial charge in [-0.1, -0.05) is 85.6 Å². The highest BCUT2D eigenvalue weighted by molar-refractivity contribution is 6.30. The third kappa shape index (κ3) is 6.35. The molecule has 0 aliphatic heterocycles. The number of halogens is 2. The molecule has 0 spiro atoms. The van der Waals surface area contributed by atoms with Gasteiger partial charge in [-0.25, -0.2) is 4.98 Å². The summed E-state index contributed by atoms with van der Waals surface area (Å²) in [5.41, 5.74) is 5.40. The first kappa shape index (κ1) is 31.7. The van der Waals surface area contributed by atoms with Gasteiger partial charge in [0.1, 0.15) is 12.4 Å². The molecule has 46 heavy (non-hydrogen) atoms. The average Bonchev–Trinajstić information content (AvgIpc) is 3.32. The molecule has 0 amide bonds. The number of ether oxygens (including phenoxy) is 1. The van der Waals surface area contributed by atoms with Crippen LogP contribution in [0.2, 0.25) is 10.0 Å². The summed E-state index contributed by atoms with van der Waals surface area (Å²) >= 11 is 12.5. The van der Waals surface area contributed by atoms with Crippen LogP contribution in [-0.2, 0) is 29.8 Å². The second-order valence-electron chi connectivity index (χ2n) is 13.0. The van der Waals surface area contributed by atoms with Gasteiger partial charge in [0.2, 0.25) is 0 Å². The maximum Gasteiger partial charge on any atom is 0.309 e. The SMILES string of the molecule is CC(C)(Cc1c(C(C)(C)c2ccc(Cl)cc2)c2cc(OCc3ccc4ccccc4n3)ccc2n1Cc1ccc(Cl)cc1)C(=O)O. The first-order chi connectivity index (χ1) is 21.9. The maximum atomic E-state index is 12.5. The van der Waals surface area contributed by atoms with E-state index in [4.69, 9.17) is 32.9 Å².